The van der Waals surface area contributed by atoms with Gasteiger partial charge in [0.15, 0.2) is 0 Å². The first kappa shape index (κ1) is 11.0. The lowest BCUT2D eigenvalue weighted by Crippen LogP contribution is -2.08. The van der Waals surface area contributed by atoms with Crippen LogP contribution in [-0.2, 0) is 0 Å². The van der Waals surface area contributed by atoms with Gasteiger partial charge in [0, 0.05) is 12.7 Å². The summed E-state index contributed by atoms with van der Waals surface area (Å²) in [5.74, 6) is 0.943. The molecule has 14 heavy (non-hydrogen) atoms. The minimum absolute atomic E-state index is 0.207. The second kappa shape index (κ2) is 5.60. The fourth-order valence-corrected chi connectivity index (χ4v) is 1.28. The van der Waals surface area contributed by atoms with Gasteiger partial charge in [-0.05, 0) is 38.3 Å². The number of hydrogen-bond donors (Lipinski definition) is 2. The standard InChI is InChI=1S/C11H18N2O/c1-9-5-3-7-12-11(9)13-8-4-6-10(2)14/h3,5,7,10,14H,4,6,8H2,1-2H3,(H,12,13). The highest BCUT2D eigenvalue weighted by molar-refractivity contribution is 5.42. The number of hydrogen-bond acceptors (Lipinski definition) is 3. The zero-order valence-corrected chi connectivity index (χ0v) is 8.83. The molecule has 1 aromatic heterocycles. The molecule has 0 aromatic carbocycles. The molecule has 1 heterocycles. The first-order chi connectivity index (χ1) is 6.70. The van der Waals surface area contributed by atoms with E-state index in [9.17, 15) is 0 Å². The van der Waals surface area contributed by atoms with Crippen molar-refractivity contribution < 1.29 is 5.11 Å². The van der Waals surface area contributed by atoms with Gasteiger partial charge in [-0.1, -0.05) is 6.07 Å². The number of nitrogens with zero attached hydrogens (tertiary/aromatic N) is 1. The Labute approximate surface area is 85.2 Å². The highest BCUT2D eigenvalue weighted by Gasteiger charge is 1.98. The van der Waals surface area contributed by atoms with Crippen LogP contribution in [0.2, 0.25) is 0 Å². The molecule has 3 heteroatoms. The third kappa shape index (κ3) is 3.75. The quantitative estimate of drug-likeness (QED) is 0.704. The summed E-state index contributed by atoms with van der Waals surface area (Å²) in [5, 5.41) is 12.3. The van der Waals surface area contributed by atoms with E-state index in [0.717, 1.165) is 30.8 Å². The van der Waals surface area contributed by atoms with Gasteiger partial charge in [0.2, 0.25) is 0 Å². The molecule has 0 amide bonds. The molecule has 0 saturated carbocycles. The van der Waals surface area contributed by atoms with Crippen LogP contribution in [0.15, 0.2) is 18.3 Å². The van der Waals surface area contributed by atoms with Gasteiger partial charge >= 0.3 is 0 Å². The zero-order chi connectivity index (χ0) is 10.4. The summed E-state index contributed by atoms with van der Waals surface area (Å²) in [6.45, 7) is 4.71. The molecule has 0 aliphatic carbocycles. The van der Waals surface area contributed by atoms with E-state index in [1.807, 2.05) is 26.0 Å². The molecule has 0 fully saturated rings. The van der Waals surface area contributed by atoms with Gasteiger partial charge in [-0.2, -0.15) is 0 Å². The van der Waals surface area contributed by atoms with Gasteiger partial charge in [-0.15, -0.1) is 0 Å². The number of nitrogens with one attached hydrogen (secondary N) is 1. The molecule has 0 bridgehead atoms. The van der Waals surface area contributed by atoms with E-state index >= 15 is 0 Å². The van der Waals surface area contributed by atoms with E-state index in [0.29, 0.717) is 0 Å². The minimum Gasteiger partial charge on any atom is -0.393 e. The Balaban J connectivity index is 2.28. The van der Waals surface area contributed by atoms with Crippen LogP contribution in [0, 0.1) is 6.92 Å². The summed E-state index contributed by atoms with van der Waals surface area (Å²) in [6, 6.07) is 3.96. The van der Waals surface area contributed by atoms with Crippen LogP contribution in [0.3, 0.4) is 0 Å². The Kier molecular flexibility index (Phi) is 4.40. The Morgan fingerprint density at radius 2 is 2.36 bits per heavy atom. The first-order valence-electron chi connectivity index (χ1n) is 5.03. The van der Waals surface area contributed by atoms with E-state index in [4.69, 9.17) is 5.11 Å². The molecule has 0 radical (unpaired) electrons. The summed E-state index contributed by atoms with van der Waals surface area (Å²) >= 11 is 0. The smallest absolute Gasteiger partial charge is 0.128 e. The van der Waals surface area contributed by atoms with E-state index in [1.54, 1.807) is 6.20 Å². The molecule has 0 saturated heterocycles. The third-order valence-corrected chi connectivity index (χ3v) is 2.10. The zero-order valence-electron chi connectivity index (χ0n) is 8.83. The number of pyridine rings is 1. The number of rotatable bonds is 5. The maximum Gasteiger partial charge on any atom is 0.128 e. The lowest BCUT2D eigenvalue weighted by atomic mass is 10.2. The van der Waals surface area contributed by atoms with Crippen molar-refractivity contribution in [3.63, 3.8) is 0 Å². The molecule has 1 atom stereocenters. The molecule has 1 aromatic rings. The van der Waals surface area contributed by atoms with Crippen molar-refractivity contribution in [2.45, 2.75) is 32.8 Å². The number of aromatic nitrogens is 1. The lowest BCUT2D eigenvalue weighted by molar-refractivity contribution is 0.183. The maximum absolute atomic E-state index is 9.06. The number of aliphatic hydroxyl groups excluding tert-OH is 1. The van der Waals surface area contributed by atoms with E-state index in [2.05, 4.69) is 10.3 Å². The van der Waals surface area contributed by atoms with Crippen molar-refractivity contribution in [3.8, 4) is 0 Å². The minimum atomic E-state index is -0.207. The molecule has 0 spiro atoms. The van der Waals surface area contributed by atoms with Crippen LogP contribution in [-0.4, -0.2) is 22.7 Å². The normalized spacial score (nSPS) is 12.5. The van der Waals surface area contributed by atoms with Crippen LogP contribution < -0.4 is 5.32 Å². The molecule has 1 unspecified atom stereocenters. The summed E-state index contributed by atoms with van der Waals surface area (Å²) in [4.78, 5) is 4.22. The van der Waals surface area contributed by atoms with Crippen LogP contribution in [0.1, 0.15) is 25.3 Å². The molecule has 2 N–H and O–H groups in total. The second-order valence-electron chi connectivity index (χ2n) is 3.59. The maximum atomic E-state index is 9.06. The van der Waals surface area contributed by atoms with Crippen molar-refractivity contribution in [2.75, 3.05) is 11.9 Å². The average Bonchev–Trinajstić information content (AvgIpc) is 2.15. The van der Waals surface area contributed by atoms with Gasteiger partial charge in [-0.3, -0.25) is 0 Å². The van der Waals surface area contributed by atoms with E-state index in [-0.39, 0.29) is 6.10 Å². The Morgan fingerprint density at radius 3 is 3.00 bits per heavy atom. The predicted octanol–water partition coefficient (Wildman–Crippen LogP) is 1.96. The highest BCUT2D eigenvalue weighted by atomic mass is 16.3. The molecule has 78 valence electrons. The van der Waals surface area contributed by atoms with Gasteiger partial charge in [0.05, 0.1) is 6.10 Å². The summed E-state index contributed by atoms with van der Waals surface area (Å²) in [7, 11) is 0. The number of aliphatic hydroxyl groups is 1. The largest absolute Gasteiger partial charge is 0.393 e. The predicted molar refractivity (Wildman–Crippen MR) is 58.4 cm³/mol. The van der Waals surface area contributed by atoms with Gasteiger partial charge in [-0.25, -0.2) is 4.98 Å². The fraction of sp³-hybridized carbons (Fsp3) is 0.545. The Hall–Kier alpha value is -1.09. The summed E-state index contributed by atoms with van der Waals surface area (Å²) in [5.41, 5.74) is 1.16. The SMILES string of the molecule is Cc1cccnc1NCCCC(C)O. The first-order valence-corrected chi connectivity index (χ1v) is 5.03. The van der Waals surface area contributed by atoms with Crippen LogP contribution in [0.25, 0.3) is 0 Å². The second-order valence-corrected chi connectivity index (χ2v) is 3.59. The summed E-state index contributed by atoms with van der Waals surface area (Å²) < 4.78 is 0. The molecule has 0 aliphatic rings. The average molecular weight is 194 g/mol. The molecular formula is C11H18N2O. The van der Waals surface area contributed by atoms with Crippen LogP contribution in [0.4, 0.5) is 5.82 Å². The number of aryl methyl sites for hydroxylation is 1. The Morgan fingerprint density at radius 1 is 1.57 bits per heavy atom. The van der Waals surface area contributed by atoms with Gasteiger partial charge < -0.3 is 10.4 Å². The van der Waals surface area contributed by atoms with Crippen LogP contribution >= 0.6 is 0 Å². The molecule has 3 nitrogen and oxygen atoms in total. The van der Waals surface area contributed by atoms with Crippen molar-refractivity contribution in [3.05, 3.63) is 23.9 Å². The van der Waals surface area contributed by atoms with Gasteiger partial charge in [0.25, 0.3) is 0 Å². The van der Waals surface area contributed by atoms with E-state index < -0.39 is 0 Å². The van der Waals surface area contributed by atoms with Crippen molar-refractivity contribution >= 4 is 5.82 Å². The van der Waals surface area contributed by atoms with Crippen molar-refractivity contribution in [1.82, 2.24) is 4.98 Å². The topological polar surface area (TPSA) is 45.2 Å². The van der Waals surface area contributed by atoms with Gasteiger partial charge in [0.1, 0.15) is 5.82 Å². The third-order valence-electron chi connectivity index (χ3n) is 2.10. The monoisotopic (exact) mass is 194 g/mol. The summed E-state index contributed by atoms with van der Waals surface area (Å²) in [6.07, 6.45) is 3.37. The molecule has 0 aliphatic heterocycles. The molecule has 1 rings (SSSR count). The Bertz CT molecular complexity index is 274. The number of anilines is 1. The van der Waals surface area contributed by atoms with Crippen molar-refractivity contribution in [2.24, 2.45) is 0 Å². The van der Waals surface area contributed by atoms with Crippen molar-refractivity contribution in [1.29, 1.82) is 0 Å². The van der Waals surface area contributed by atoms with E-state index in [1.165, 1.54) is 0 Å². The lowest BCUT2D eigenvalue weighted by Gasteiger charge is -2.08. The molecular weight excluding hydrogens is 176 g/mol. The van der Waals surface area contributed by atoms with Crippen LogP contribution in [0.5, 0.6) is 0 Å². The fourth-order valence-electron chi connectivity index (χ4n) is 1.28. The highest BCUT2D eigenvalue weighted by Crippen LogP contribution is 2.09.